The largest absolute Gasteiger partial charge is 1.00 e. The van der Waals surface area contributed by atoms with Gasteiger partial charge in [-0.15, -0.1) is 0 Å². The Morgan fingerprint density at radius 3 is 2.84 bits per heavy atom. The van der Waals surface area contributed by atoms with Gasteiger partial charge in [0.25, 0.3) is 5.91 Å². The molecule has 1 amide bonds. The van der Waals surface area contributed by atoms with Gasteiger partial charge in [0.15, 0.2) is 0 Å². The summed E-state index contributed by atoms with van der Waals surface area (Å²) in [5.74, 6) is -0.872. The number of rotatable bonds is 5. The summed E-state index contributed by atoms with van der Waals surface area (Å²) in [6.45, 7) is 1.28. The van der Waals surface area contributed by atoms with Crippen LogP contribution < -0.4 is 17.7 Å². The van der Waals surface area contributed by atoms with Gasteiger partial charge >= 0.3 is 0 Å². The predicted molar refractivity (Wildman–Crippen MR) is 65.6 cm³/mol. The van der Waals surface area contributed by atoms with Gasteiger partial charge in [-0.2, -0.15) is 0 Å². The highest BCUT2D eigenvalue weighted by Gasteiger charge is 2.09. The minimum Gasteiger partial charge on any atom is -1.00 e. The Morgan fingerprint density at radius 2 is 2.16 bits per heavy atom. The molecule has 1 aromatic heterocycles. The molecule has 1 aromatic carbocycles. The van der Waals surface area contributed by atoms with Gasteiger partial charge in [0.2, 0.25) is 0 Å². The summed E-state index contributed by atoms with van der Waals surface area (Å²) in [6.07, 6.45) is 6.06. The van der Waals surface area contributed by atoms with Gasteiger partial charge < -0.3 is 22.3 Å². The third kappa shape index (κ3) is 4.37. The third-order valence-electron chi connectivity index (χ3n) is 2.56. The van der Waals surface area contributed by atoms with Gasteiger partial charge in [0.1, 0.15) is 5.82 Å². The molecule has 0 aliphatic rings. The molecule has 0 radical (unpaired) electrons. The van der Waals surface area contributed by atoms with Gasteiger partial charge in [-0.05, 0) is 18.6 Å². The minimum atomic E-state index is -0.496. The fourth-order valence-corrected chi connectivity index (χ4v) is 1.62. The van der Waals surface area contributed by atoms with Crippen molar-refractivity contribution in [3.05, 3.63) is 54.4 Å². The van der Waals surface area contributed by atoms with Crippen LogP contribution in [0.3, 0.4) is 0 Å². The lowest BCUT2D eigenvalue weighted by molar-refractivity contribution is -0.0000130. The van der Waals surface area contributed by atoms with Crippen LogP contribution in [-0.2, 0) is 6.54 Å². The van der Waals surface area contributed by atoms with Gasteiger partial charge in [-0.3, -0.25) is 4.79 Å². The van der Waals surface area contributed by atoms with Crippen LogP contribution in [0.1, 0.15) is 16.8 Å². The number of carbonyl (C=O) groups excluding carboxylic acids is 1. The molecular weight excluding hydrogens is 269 g/mol. The Bertz CT molecular complexity index is 516. The molecule has 2 rings (SSSR count). The average Bonchev–Trinajstić information content (AvgIpc) is 2.88. The molecule has 0 fully saturated rings. The SMILES string of the molecule is O=C(NCCCn1ccnc1)c1ccccc1F.[Cl-]. The third-order valence-corrected chi connectivity index (χ3v) is 2.56. The maximum Gasteiger partial charge on any atom is 0.254 e. The summed E-state index contributed by atoms with van der Waals surface area (Å²) in [6, 6.07) is 5.95. The lowest BCUT2D eigenvalue weighted by Crippen LogP contribution is -3.00. The van der Waals surface area contributed by atoms with Crippen molar-refractivity contribution in [2.24, 2.45) is 0 Å². The van der Waals surface area contributed by atoms with Crippen LogP contribution in [0, 0.1) is 5.82 Å². The molecule has 6 heteroatoms. The molecule has 0 saturated heterocycles. The normalized spacial score (nSPS) is 9.74. The van der Waals surface area contributed by atoms with E-state index < -0.39 is 5.82 Å². The Kier molecular flexibility index (Phi) is 6.02. The molecule has 0 saturated carbocycles. The molecule has 0 unspecified atom stereocenters. The van der Waals surface area contributed by atoms with E-state index in [9.17, 15) is 9.18 Å². The Balaban J connectivity index is 0.00000180. The average molecular weight is 283 g/mol. The van der Waals surface area contributed by atoms with Crippen LogP contribution in [0.25, 0.3) is 0 Å². The first kappa shape index (κ1) is 15.2. The number of nitrogens with one attached hydrogen (secondary N) is 1. The number of hydrogen-bond acceptors (Lipinski definition) is 2. The monoisotopic (exact) mass is 282 g/mol. The zero-order chi connectivity index (χ0) is 12.8. The van der Waals surface area contributed by atoms with Crippen molar-refractivity contribution in [3.63, 3.8) is 0 Å². The molecule has 1 N–H and O–H groups in total. The topological polar surface area (TPSA) is 46.9 Å². The number of amides is 1. The predicted octanol–water partition coefficient (Wildman–Crippen LogP) is -1.15. The molecule has 102 valence electrons. The van der Waals surface area contributed by atoms with E-state index in [0.29, 0.717) is 6.54 Å². The van der Waals surface area contributed by atoms with Gasteiger partial charge in [-0.25, -0.2) is 9.37 Å². The first-order chi connectivity index (χ1) is 8.77. The fourth-order valence-electron chi connectivity index (χ4n) is 1.62. The van der Waals surface area contributed by atoms with E-state index >= 15 is 0 Å². The molecule has 0 atom stereocenters. The van der Waals surface area contributed by atoms with Crippen molar-refractivity contribution in [1.29, 1.82) is 0 Å². The highest BCUT2D eigenvalue weighted by Crippen LogP contribution is 2.05. The maximum absolute atomic E-state index is 13.3. The second-order valence-corrected chi connectivity index (χ2v) is 3.89. The van der Waals surface area contributed by atoms with Crippen molar-refractivity contribution in [2.45, 2.75) is 13.0 Å². The number of carbonyl (C=O) groups is 1. The Morgan fingerprint density at radius 1 is 1.37 bits per heavy atom. The number of halogens is 2. The number of benzene rings is 1. The van der Waals surface area contributed by atoms with Gasteiger partial charge in [-0.1, -0.05) is 12.1 Å². The first-order valence-electron chi connectivity index (χ1n) is 5.76. The minimum absolute atomic E-state index is 0. The Hall–Kier alpha value is -1.88. The molecule has 4 nitrogen and oxygen atoms in total. The molecule has 0 spiro atoms. The van der Waals surface area contributed by atoms with E-state index in [4.69, 9.17) is 0 Å². The van der Waals surface area contributed by atoms with E-state index in [1.165, 1.54) is 12.1 Å². The van der Waals surface area contributed by atoms with E-state index in [2.05, 4.69) is 10.3 Å². The molecular formula is C13H14ClFN3O-. The van der Waals surface area contributed by atoms with Crippen molar-refractivity contribution in [3.8, 4) is 0 Å². The number of nitrogens with zero attached hydrogens (tertiary/aromatic N) is 2. The van der Waals surface area contributed by atoms with E-state index in [-0.39, 0.29) is 23.9 Å². The standard InChI is InChI=1S/C13H14FN3O.ClH/c14-12-5-2-1-4-11(12)13(18)16-6-3-8-17-9-7-15-10-17;/h1-2,4-5,7,9-10H,3,6,8H2,(H,16,18);1H/p-1. The first-order valence-corrected chi connectivity index (χ1v) is 5.76. The second kappa shape index (κ2) is 7.53. The summed E-state index contributed by atoms with van der Waals surface area (Å²) < 4.78 is 15.2. The fraction of sp³-hybridized carbons (Fsp3) is 0.231. The zero-order valence-electron chi connectivity index (χ0n) is 10.2. The van der Waals surface area contributed by atoms with Crippen LogP contribution in [0.4, 0.5) is 4.39 Å². The Labute approximate surface area is 117 Å². The van der Waals surface area contributed by atoms with Crippen LogP contribution in [0.2, 0.25) is 0 Å². The smallest absolute Gasteiger partial charge is 0.254 e. The number of aryl methyl sites for hydroxylation is 1. The summed E-state index contributed by atoms with van der Waals surface area (Å²) in [5.41, 5.74) is 0.0835. The molecule has 2 aromatic rings. The van der Waals surface area contributed by atoms with Crippen molar-refractivity contribution in [1.82, 2.24) is 14.9 Å². The van der Waals surface area contributed by atoms with E-state index in [0.717, 1.165) is 13.0 Å². The zero-order valence-corrected chi connectivity index (χ0v) is 11.0. The van der Waals surface area contributed by atoms with Crippen LogP contribution >= 0.6 is 0 Å². The van der Waals surface area contributed by atoms with E-state index in [1.807, 2.05) is 10.8 Å². The summed E-state index contributed by atoms with van der Waals surface area (Å²) in [7, 11) is 0. The van der Waals surface area contributed by atoms with Crippen molar-refractivity contribution in [2.75, 3.05) is 6.54 Å². The highest BCUT2D eigenvalue weighted by molar-refractivity contribution is 5.94. The molecule has 0 bridgehead atoms. The quantitative estimate of drug-likeness (QED) is 0.704. The van der Waals surface area contributed by atoms with Gasteiger partial charge in [0, 0.05) is 25.5 Å². The maximum atomic E-state index is 13.3. The number of aromatic nitrogens is 2. The van der Waals surface area contributed by atoms with Gasteiger partial charge in [0.05, 0.1) is 11.9 Å². The molecule has 0 aliphatic carbocycles. The van der Waals surface area contributed by atoms with Crippen molar-refractivity contribution >= 4 is 5.91 Å². The van der Waals surface area contributed by atoms with Crippen LogP contribution in [0.5, 0.6) is 0 Å². The summed E-state index contributed by atoms with van der Waals surface area (Å²) >= 11 is 0. The second-order valence-electron chi connectivity index (χ2n) is 3.89. The highest BCUT2D eigenvalue weighted by atomic mass is 35.5. The van der Waals surface area contributed by atoms with Crippen molar-refractivity contribution < 1.29 is 21.6 Å². The number of hydrogen-bond donors (Lipinski definition) is 1. The lowest BCUT2D eigenvalue weighted by Gasteiger charge is -2.06. The van der Waals surface area contributed by atoms with Crippen LogP contribution in [-0.4, -0.2) is 22.0 Å². The summed E-state index contributed by atoms with van der Waals surface area (Å²) in [4.78, 5) is 15.6. The lowest BCUT2D eigenvalue weighted by atomic mass is 10.2. The molecule has 19 heavy (non-hydrogen) atoms. The molecule has 0 aliphatic heterocycles. The van der Waals surface area contributed by atoms with Crippen LogP contribution in [0.15, 0.2) is 43.0 Å². The van der Waals surface area contributed by atoms with E-state index in [1.54, 1.807) is 24.7 Å². The summed E-state index contributed by atoms with van der Waals surface area (Å²) in [5, 5.41) is 2.69. The molecule has 1 heterocycles. The number of imidazole rings is 1.